The summed E-state index contributed by atoms with van der Waals surface area (Å²) in [5.41, 5.74) is 8.61. The minimum atomic E-state index is -0.495. The molecule has 8 heteroatoms. The Morgan fingerprint density at radius 3 is 2.74 bits per heavy atom. The Bertz CT molecular complexity index is 1110. The molecule has 1 aromatic carbocycles. The van der Waals surface area contributed by atoms with Crippen LogP contribution in [-0.4, -0.2) is 46.5 Å². The van der Waals surface area contributed by atoms with Crippen LogP contribution in [-0.2, 0) is 22.6 Å². The molecule has 2 N–H and O–H groups in total. The standard InChI is InChI=1S/C23H25FN4O3/c1-31-23(30)20-9-19-17(13-27-8-2-3-16(12-27)22(25)29)14-28(21(19)10-26-20)11-15-4-6-18(24)7-5-15/h4-7,9-10,14,16H,2-3,8,11-13H2,1H3,(H2,25,29)/t16-/m1/s1. The Labute approximate surface area is 179 Å². The molecule has 31 heavy (non-hydrogen) atoms. The summed E-state index contributed by atoms with van der Waals surface area (Å²) in [6.45, 7) is 2.67. The summed E-state index contributed by atoms with van der Waals surface area (Å²) < 4.78 is 20.2. The fourth-order valence-corrected chi connectivity index (χ4v) is 4.19. The molecule has 1 aliphatic rings. The molecule has 2 aromatic heterocycles. The van der Waals surface area contributed by atoms with Crippen molar-refractivity contribution in [3.63, 3.8) is 0 Å². The molecule has 1 aliphatic heterocycles. The first-order valence-electron chi connectivity index (χ1n) is 10.3. The quantitative estimate of drug-likeness (QED) is 0.615. The van der Waals surface area contributed by atoms with Crippen molar-refractivity contribution >= 4 is 22.8 Å². The predicted molar refractivity (Wildman–Crippen MR) is 114 cm³/mol. The summed E-state index contributed by atoms with van der Waals surface area (Å²) in [5, 5.41) is 0.902. The number of benzene rings is 1. The molecule has 3 aromatic rings. The third-order valence-electron chi connectivity index (χ3n) is 5.81. The number of ether oxygens (including phenoxy) is 1. The fourth-order valence-electron chi connectivity index (χ4n) is 4.19. The van der Waals surface area contributed by atoms with Crippen molar-refractivity contribution in [2.45, 2.75) is 25.9 Å². The second-order valence-electron chi connectivity index (χ2n) is 7.96. The number of hydrogen-bond donors (Lipinski definition) is 1. The van der Waals surface area contributed by atoms with Crippen molar-refractivity contribution in [2.75, 3.05) is 20.2 Å². The molecular formula is C23H25FN4O3. The maximum atomic E-state index is 13.3. The number of carbonyl (C=O) groups excluding carboxylic acids is 2. The summed E-state index contributed by atoms with van der Waals surface area (Å²) in [7, 11) is 1.33. The molecule has 0 saturated carbocycles. The zero-order chi connectivity index (χ0) is 22.0. The number of primary amides is 1. The molecule has 0 bridgehead atoms. The first-order valence-corrected chi connectivity index (χ1v) is 10.3. The molecule has 7 nitrogen and oxygen atoms in total. The maximum absolute atomic E-state index is 13.3. The van der Waals surface area contributed by atoms with E-state index in [0.717, 1.165) is 41.4 Å². The van der Waals surface area contributed by atoms with Gasteiger partial charge in [0.25, 0.3) is 0 Å². The number of carbonyl (C=O) groups is 2. The highest BCUT2D eigenvalue weighted by Gasteiger charge is 2.25. The van der Waals surface area contributed by atoms with Gasteiger partial charge in [-0.1, -0.05) is 12.1 Å². The number of aromatic nitrogens is 2. The smallest absolute Gasteiger partial charge is 0.356 e. The number of esters is 1. The molecule has 1 saturated heterocycles. The van der Waals surface area contributed by atoms with Gasteiger partial charge in [0.2, 0.25) is 5.91 Å². The highest BCUT2D eigenvalue weighted by Crippen LogP contribution is 2.26. The van der Waals surface area contributed by atoms with E-state index in [1.165, 1.54) is 19.2 Å². The SMILES string of the molecule is COC(=O)c1cc2c(CN3CCC[C@@H](C(N)=O)C3)cn(Cc3ccc(F)cc3)c2cn1. The number of piperidine rings is 1. The number of pyridine rings is 1. The number of nitrogens with two attached hydrogens (primary N) is 1. The number of methoxy groups -OCH3 is 1. The van der Waals surface area contributed by atoms with Gasteiger partial charge in [-0.15, -0.1) is 0 Å². The van der Waals surface area contributed by atoms with Crippen molar-refractivity contribution in [1.29, 1.82) is 0 Å². The fraction of sp³-hybridized carbons (Fsp3) is 0.348. The Kier molecular flexibility index (Phi) is 5.99. The lowest BCUT2D eigenvalue weighted by Crippen LogP contribution is -2.40. The minimum Gasteiger partial charge on any atom is -0.464 e. The van der Waals surface area contributed by atoms with Crippen molar-refractivity contribution in [2.24, 2.45) is 11.7 Å². The number of rotatable bonds is 6. The van der Waals surface area contributed by atoms with E-state index in [1.807, 2.05) is 10.8 Å². The van der Waals surface area contributed by atoms with Crippen LogP contribution >= 0.6 is 0 Å². The molecule has 3 heterocycles. The van der Waals surface area contributed by atoms with E-state index in [4.69, 9.17) is 10.5 Å². The van der Waals surface area contributed by atoms with Gasteiger partial charge in [-0.05, 0) is 48.7 Å². The van der Waals surface area contributed by atoms with Crippen molar-refractivity contribution < 1.29 is 18.7 Å². The molecule has 162 valence electrons. The van der Waals surface area contributed by atoms with Gasteiger partial charge in [0.15, 0.2) is 0 Å². The molecule has 0 unspecified atom stereocenters. The zero-order valence-corrected chi connectivity index (χ0v) is 17.4. The van der Waals surface area contributed by atoms with Crippen molar-refractivity contribution in [3.05, 3.63) is 65.4 Å². The van der Waals surface area contributed by atoms with Gasteiger partial charge >= 0.3 is 5.97 Å². The summed E-state index contributed by atoms with van der Waals surface area (Å²) in [6.07, 6.45) is 5.42. The summed E-state index contributed by atoms with van der Waals surface area (Å²) in [4.78, 5) is 30.1. The molecule has 1 fully saturated rings. The average molecular weight is 424 g/mol. The van der Waals surface area contributed by atoms with Crippen molar-refractivity contribution in [3.8, 4) is 0 Å². The molecule has 0 aliphatic carbocycles. The van der Waals surface area contributed by atoms with Crippen LogP contribution in [0.2, 0.25) is 0 Å². The summed E-state index contributed by atoms with van der Waals surface area (Å²) >= 11 is 0. The van der Waals surface area contributed by atoms with Crippen molar-refractivity contribution in [1.82, 2.24) is 14.5 Å². The van der Waals surface area contributed by atoms with Crippen LogP contribution in [0.5, 0.6) is 0 Å². The summed E-state index contributed by atoms with van der Waals surface area (Å²) in [5.74, 6) is -1.18. The lowest BCUT2D eigenvalue weighted by molar-refractivity contribution is -0.123. The molecule has 4 rings (SSSR count). The lowest BCUT2D eigenvalue weighted by Gasteiger charge is -2.30. The van der Waals surface area contributed by atoms with Crippen LogP contribution in [0.1, 0.15) is 34.5 Å². The van der Waals surface area contributed by atoms with Crippen LogP contribution in [0, 0.1) is 11.7 Å². The molecule has 1 amide bonds. The van der Waals surface area contributed by atoms with E-state index in [9.17, 15) is 14.0 Å². The molecule has 0 radical (unpaired) electrons. The van der Waals surface area contributed by atoms with Gasteiger partial charge < -0.3 is 15.0 Å². The monoisotopic (exact) mass is 424 g/mol. The third kappa shape index (κ3) is 4.59. The van der Waals surface area contributed by atoms with E-state index < -0.39 is 5.97 Å². The highest BCUT2D eigenvalue weighted by atomic mass is 19.1. The number of halogens is 1. The normalized spacial score (nSPS) is 17.0. The Morgan fingerprint density at radius 2 is 2.03 bits per heavy atom. The summed E-state index contributed by atoms with van der Waals surface area (Å²) in [6, 6.07) is 8.12. The first-order chi connectivity index (χ1) is 14.9. The number of amides is 1. The van der Waals surface area contributed by atoms with Gasteiger partial charge in [0.1, 0.15) is 11.5 Å². The number of nitrogens with zero attached hydrogens (tertiary/aromatic N) is 3. The van der Waals surface area contributed by atoms with Gasteiger partial charge in [-0.25, -0.2) is 14.2 Å². The third-order valence-corrected chi connectivity index (χ3v) is 5.81. The second kappa shape index (κ2) is 8.85. The van der Waals surface area contributed by atoms with Gasteiger partial charge in [-0.2, -0.15) is 0 Å². The zero-order valence-electron chi connectivity index (χ0n) is 17.4. The second-order valence-corrected chi connectivity index (χ2v) is 7.96. The number of fused-ring (bicyclic) bond motifs is 1. The van der Waals surface area contributed by atoms with Crippen LogP contribution < -0.4 is 5.73 Å². The van der Waals surface area contributed by atoms with Gasteiger partial charge in [0, 0.05) is 31.2 Å². The van der Waals surface area contributed by atoms with Crippen LogP contribution in [0.3, 0.4) is 0 Å². The topological polar surface area (TPSA) is 90.5 Å². The Morgan fingerprint density at radius 1 is 1.26 bits per heavy atom. The largest absolute Gasteiger partial charge is 0.464 e. The van der Waals surface area contributed by atoms with E-state index >= 15 is 0 Å². The molecule has 1 atom stereocenters. The minimum absolute atomic E-state index is 0.145. The van der Waals surface area contributed by atoms with E-state index in [2.05, 4.69) is 9.88 Å². The van der Waals surface area contributed by atoms with Crippen LogP contribution in [0.15, 0.2) is 42.7 Å². The van der Waals surface area contributed by atoms with E-state index in [-0.39, 0.29) is 23.3 Å². The number of likely N-dealkylation sites (tertiary alicyclic amines) is 1. The maximum Gasteiger partial charge on any atom is 0.356 e. The number of hydrogen-bond acceptors (Lipinski definition) is 5. The van der Waals surface area contributed by atoms with Gasteiger partial charge in [-0.3, -0.25) is 9.69 Å². The van der Waals surface area contributed by atoms with Crippen LogP contribution in [0.4, 0.5) is 4.39 Å². The highest BCUT2D eigenvalue weighted by molar-refractivity contribution is 5.93. The van der Waals surface area contributed by atoms with E-state index in [1.54, 1.807) is 24.4 Å². The molecular weight excluding hydrogens is 399 g/mol. The van der Waals surface area contributed by atoms with Crippen LogP contribution in [0.25, 0.3) is 10.9 Å². The first kappa shape index (κ1) is 21.0. The Hall–Kier alpha value is -3.26. The van der Waals surface area contributed by atoms with E-state index in [0.29, 0.717) is 19.6 Å². The Balaban J connectivity index is 1.69. The molecule has 0 spiro atoms. The van der Waals surface area contributed by atoms with Gasteiger partial charge in [0.05, 0.1) is 24.7 Å². The lowest BCUT2D eigenvalue weighted by atomic mass is 9.97. The predicted octanol–water partition coefficient (Wildman–Crippen LogP) is 2.71. The average Bonchev–Trinajstić information content (AvgIpc) is 3.11.